The molecular weight excluding hydrogens is 204 g/mol. The predicted molar refractivity (Wildman–Crippen MR) is 62.1 cm³/mol. The van der Waals surface area contributed by atoms with Gasteiger partial charge in [0.1, 0.15) is 5.78 Å². The Morgan fingerprint density at radius 1 is 0.688 bits per heavy atom. The zero-order valence-corrected chi connectivity index (χ0v) is 10.0. The molecule has 3 nitrogen and oxygen atoms in total. The number of Topliss-reactive ketones (excluding diaryl/α,β-unsaturated/α-hetero) is 1. The lowest BCUT2D eigenvalue weighted by Crippen LogP contribution is -2.07. The van der Waals surface area contributed by atoms with Crippen molar-refractivity contribution in [3.8, 4) is 0 Å². The van der Waals surface area contributed by atoms with E-state index in [1.807, 2.05) is 0 Å². The van der Waals surface area contributed by atoms with Gasteiger partial charge in [0.05, 0.1) is 6.61 Å². The molecule has 0 N–H and O–H groups in total. The largest absolute Gasteiger partial charge is 0.466 e. The van der Waals surface area contributed by atoms with E-state index in [9.17, 15) is 9.59 Å². The Labute approximate surface area is 97.5 Å². The first-order valence-electron chi connectivity index (χ1n) is 6.46. The van der Waals surface area contributed by atoms with Crippen molar-refractivity contribution < 1.29 is 14.3 Å². The number of cyclic esters (lactones) is 1. The second-order valence-corrected chi connectivity index (χ2v) is 4.48. The molecule has 16 heavy (non-hydrogen) atoms. The summed E-state index contributed by atoms with van der Waals surface area (Å²) < 4.78 is 5.07. The number of carbonyl (C=O) groups is 2. The van der Waals surface area contributed by atoms with E-state index in [1.165, 1.54) is 0 Å². The van der Waals surface area contributed by atoms with Gasteiger partial charge in [0, 0.05) is 19.3 Å². The van der Waals surface area contributed by atoms with Crippen LogP contribution in [-0.4, -0.2) is 18.4 Å². The van der Waals surface area contributed by atoms with E-state index in [2.05, 4.69) is 0 Å². The fourth-order valence-electron chi connectivity index (χ4n) is 1.93. The van der Waals surface area contributed by atoms with Crippen LogP contribution in [0.1, 0.15) is 64.2 Å². The molecule has 1 saturated heterocycles. The van der Waals surface area contributed by atoms with E-state index in [1.54, 1.807) is 0 Å². The molecule has 0 bridgehead atoms. The van der Waals surface area contributed by atoms with E-state index in [0.717, 1.165) is 51.4 Å². The Bertz CT molecular complexity index is 201. The molecule has 0 aromatic heterocycles. The highest BCUT2D eigenvalue weighted by Crippen LogP contribution is 2.11. The molecule has 0 aromatic carbocycles. The van der Waals surface area contributed by atoms with Gasteiger partial charge in [-0.2, -0.15) is 0 Å². The minimum atomic E-state index is -0.0802. The molecular formula is C13H22O3. The van der Waals surface area contributed by atoms with Crippen molar-refractivity contribution in [3.05, 3.63) is 0 Å². The SMILES string of the molecule is O=C1CCCCCCCC(=O)OCCCC1. The van der Waals surface area contributed by atoms with Crippen molar-refractivity contribution in [1.29, 1.82) is 0 Å². The molecule has 0 radical (unpaired) electrons. The summed E-state index contributed by atoms with van der Waals surface area (Å²) in [7, 11) is 0. The third kappa shape index (κ3) is 6.59. The molecule has 92 valence electrons. The van der Waals surface area contributed by atoms with E-state index < -0.39 is 0 Å². The van der Waals surface area contributed by atoms with Crippen molar-refractivity contribution in [2.75, 3.05) is 6.61 Å². The van der Waals surface area contributed by atoms with Gasteiger partial charge in [0.15, 0.2) is 0 Å². The van der Waals surface area contributed by atoms with Gasteiger partial charge >= 0.3 is 5.97 Å². The Morgan fingerprint density at radius 3 is 2.00 bits per heavy atom. The second-order valence-electron chi connectivity index (χ2n) is 4.48. The fourth-order valence-corrected chi connectivity index (χ4v) is 1.93. The van der Waals surface area contributed by atoms with Crippen LogP contribution >= 0.6 is 0 Å². The number of carbonyl (C=O) groups excluding carboxylic acids is 2. The fraction of sp³-hybridized carbons (Fsp3) is 0.846. The maximum Gasteiger partial charge on any atom is 0.305 e. The van der Waals surface area contributed by atoms with Gasteiger partial charge in [-0.05, 0) is 25.7 Å². The van der Waals surface area contributed by atoms with Gasteiger partial charge in [0.2, 0.25) is 0 Å². The molecule has 0 amide bonds. The third-order valence-electron chi connectivity index (χ3n) is 2.95. The first-order chi connectivity index (χ1) is 7.79. The molecule has 3 heteroatoms. The van der Waals surface area contributed by atoms with Crippen LogP contribution in [0.15, 0.2) is 0 Å². The molecule has 1 fully saturated rings. The van der Waals surface area contributed by atoms with Crippen molar-refractivity contribution >= 4 is 11.8 Å². The summed E-state index contributed by atoms with van der Waals surface area (Å²) in [5.41, 5.74) is 0. The van der Waals surface area contributed by atoms with Crippen LogP contribution in [0.3, 0.4) is 0 Å². The molecule has 0 aliphatic carbocycles. The highest BCUT2D eigenvalue weighted by atomic mass is 16.5. The van der Waals surface area contributed by atoms with Crippen LogP contribution in [0, 0.1) is 0 Å². The summed E-state index contributed by atoms with van der Waals surface area (Å²) in [6, 6.07) is 0. The van der Waals surface area contributed by atoms with Crippen LogP contribution in [0.2, 0.25) is 0 Å². The number of esters is 1. The van der Waals surface area contributed by atoms with E-state index >= 15 is 0 Å². The Balaban J connectivity index is 2.23. The third-order valence-corrected chi connectivity index (χ3v) is 2.95. The number of rotatable bonds is 0. The summed E-state index contributed by atoms with van der Waals surface area (Å²) in [4.78, 5) is 22.6. The smallest absolute Gasteiger partial charge is 0.305 e. The molecule has 1 heterocycles. The van der Waals surface area contributed by atoms with Crippen LogP contribution < -0.4 is 0 Å². The maximum atomic E-state index is 11.4. The number of hydrogen-bond donors (Lipinski definition) is 0. The van der Waals surface area contributed by atoms with Gasteiger partial charge in [0.25, 0.3) is 0 Å². The van der Waals surface area contributed by atoms with Crippen molar-refractivity contribution in [1.82, 2.24) is 0 Å². The van der Waals surface area contributed by atoms with Crippen molar-refractivity contribution in [2.45, 2.75) is 64.2 Å². The van der Waals surface area contributed by atoms with Crippen molar-refractivity contribution in [2.24, 2.45) is 0 Å². The molecule has 0 aromatic rings. The predicted octanol–water partition coefficient (Wildman–Crippen LogP) is 3.01. The van der Waals surface area contributed by atoms with E-state index in [0.29, 0.717) is 25.2 Å². The monoisotopic (exact) mass is 226 g/mol. The molecule has 1 rings (SSSR count). The van der Waals surface area contributed by atoms with Crippen LogP contribution in [0.25, 0.3) is 0 Å². The lowest BCUT2D eigenvalue weighted by atomic mass is 10.0. The number of hydrogen-bond acceptors (Lipinski definition) is 3. The average Bonchev–Trinajstić information content (AvgIpc) is 2.26. The normalized spacial score (nSPS) is 22.2. The second kappa shape index (κ2) is 8.31. The van der Waals surface area contributed by atoms with Crippen LogP contribution in [0.5, 0.6) is 0 Å². The zero-order valence-electron chi connectivity index (χ0n) is 10.0. The highest BCUT2D eigenvalue weighted by molar-refractivity contribution is 5.78. The van der Waals surface area contributed by atoms with Gasteiger partial charge in [-0.25, -0.2) is 0 Å². The lowest BCUT2D eigenvalue weighted by Gasteiger charge is -2.06. The average molecular weight is 226 g/mol. The highest BCUT2D eigenvalue weighted by Gasteiger charge is 2.06. The first kappa shape index (κ1) is 13.2. The molecule has 1 aliphatic heterocycles. The molecule has 0 spiro atoms. The summed E-state index contributed by atoms with van der Waals surface area (Å²) in [6.45, 7) is 0.478. The minimum absolute atomic E-state index is 0.0802. The standard InChI is InChI=1S/C13H22O3/c14-12-8-4-2-1-3-5-10-13(15)16-11-7-6-9-12/h1-11H2. The first-order valence-corrected chi connectivity index (χ1v) is 6.46. The van der Waals surface area contributed by atoms with Crippen LogP contribution in [-0.2, 0) is 14.3 Å². The van der Waals surface area contributed by atoms with Gasteiger partial charge in [-0.3, -0.25) is 9.59 Å². The quantitative estimate of drug-likeness (QED) is 0.596. The van der Waals surface area contributed by atoms with Crippen LogP contribution in [0.4, 0.5) is 0 Å². The molecule has 0 atom stereocenters. The molecule has 0 unspecified atom stereocenters. The molecule has 0 saturated carbocycles. The number of ether oxygens (including phenoxy) is 1. The van der Waals surface area contributed by atoms with Crippen molar-refractivity contribution in [3.63, 3.8) is 0 Å². The summed E-state index contributed by atoms with van der Waals surface area (Å²) in [5.74, 6) is 0.284. The minimum Gasteiger partial charge on any atom is -0.466 e. The lowest BCUT2D eigenvalue weighted by molar-refractivity contribution is -0.143. The Kier molecular flexibility index (Phi) is 6.86. The van der Waals surface area contributed by atoms with Gasteiger partial charge in [-0.1, -0.05) is 19.3 Å². The van der Waals surface area contributed by atoms with E-state index in [4.69, 9.17) is 4.74 Å². The summed E-state index contributed by atoms with van der Waals surface area (Å²) in [5, 5.41) is 0. The van der Waals surface area contributed by atoms with Gasteiger partial charge in [-0.15, -0.1) is 0 Å². The molecule has 1 aliphatic rings. The Hall–Kier alpha value is -0.860. The Morgan fingerprint density at radius 2 is 1.25 bits per heavy atom. The van der Waals surface area contributed by atoms with E-state index in [-0.39, 0.29) is 5.97 Å². The number of ketones is 1. The zero-order chi connectivity index (χ0) is 11.6. The summed E-state index contributed by atoms with van der Waals surface area (Å²) >= 11 is 0. The maximum absolute atomic E-state index is 11.4. The topological polar surface area (TPSA) is 43.4 Å². The summed E-state index contributed by atoms with van der Waals surface area (Å²) in [6.07, 6.45) is 8.86. The van der Waals surface area contributed by atoms with Gasteiger partial charge < -0.3 is 4.74 Å².